The molecule has 1 aromatic heterocycles. The van der Waals surface area contributed by atoms with Gasteiger partial charge in [-0.2, -0.15) is 11.8 Å². The molecule has 0 aromatic carbocycles. The van der Waals surface area contributed by atoms with E-state index in [1.807, 2.05) is 11.3 Å². The summed E-state index contributed by atoms with van der Waals surface area (Å²) in [6, 6.07) is 4.29. The SMILES string of the molecule is CCNC(=NCC1CCCS1)NCCc1cccs1.I. The van der Waals surface area contributed by atoms with E-state index in [1.165, 1.54) is 23.5 Å². The van der Waals surface area contributed by atoms with Gasteiger partial charge in [0.15, 0.2) is 5.96 Å². The fourth-order valence-electron chi connectivity index (χ4n) is 2.08. The van der Waals surface area contributed by atoms with Gasteiger partial charge >= 0.3 is 0 Å². The average molecular weight is 425 g/mol. The number of nitrogens with one attached hydrogen (secondary N) is 2. The molecule has 114 valence electrons. The smallest absolute Gasteiger partial charge is 0.191 e. The molecule has 20 heavy (non-hydrogen) atoms. The Bertz CT molecular complexity index is 376. The van der Waals surface area contributed by atoms with E-state index in [9.17, 15) is 0 Å². The molecule has 0 amide bonds. The molecule has 0 spiro atoms. The minimum absolute atomic E-state index is 0. The molecule has 1 unspecified atom stereocenters. The molecular weight excluding hydrogens is 401 g/mol. The van der Waals surface area contributed by atoms with Crippen LogP contribution in [0.5, 0.6) is 0 Å². The number of thiophene rings is 1. The highest BCUT2D eigenvalue weighted by atomic mass is 127. The van der Waals surface area contributed by atoms with E-state index in [4.69, 9.17) is 4.99 Å². The highest BCUT2D eigenvalue weighted by Crippen LogP contribution is 2.25. The summed E-state index contributed by atoms with van der Waals surface area (Å²) < 4.78 is 0. The molecular formula is C14H24IN3S2. The third-order valence-electron chi connectivity index (χ3n) is 3.07. The maximum absolute atomic E-state index is 4.69. The summed E-state index contributed by atoms with van der Waals surface area (Å²) in [4.78, 5) is 6.12. The number of nitrogens with zero attached hydrogens (tertiary/aromatic N) is 1. The van der Waals surface area contributed by atoms with Crippen LogP contribution < -0.4 is 10.6 Å². The first-order chi connectivity index (χ1) is 9.38. The zero-order valence-electron chi connectivity index (χ0n) is 11.9. The zero-order chi connectivity index (χ0) is 13.3. The van der Waals surface area contributed by atoms with Gasteiger partial charge in [0, 0.05) is 23.2 Å². The molecule has 0 radical (unpaired) electrons. The van der Waals surface area contributed by atoms with Crippen LogP contribution in [0, 0.1) is 0 Å². The van der Waals surface area contributed by atoms with E-state index >= 15 is 0 Å². The van der Waals surface area contributed by atoms with Gasteiger partial charge in [-0.1, -0.05) is 6.07 Å². The second-order valence-corrected chi connectivity index (χ2v) is 7.05. The van der Waals surface area contributed by atoms with Gasteiger partial charge in [-0.15, -0.1) is 35.3 Å². The summed E-state index contributed by atoms with van der Waals surface area (Å²) >= 11 is 3.88. The second kappa shape index (κ2) is 10.7. The molecule has 1 aliphatic rings. The van der Waals surface area contributed by atoms with Crippen LogP contribution in [0.3, 0.4) is 0 Å². The molecule has 1 atom stereocenters. The summed E-state index contributed by atoms with van der Waals surface area (Å²) in [5.74, 6) is 2.27. The molecule has 3 nitrogen and oxygen atoms in total. The first kappa shape index (κ1) is 18.1. The maximum Gasteiger partial charge on any atom is 0.191 e. The van der Waals surface area contributed by atoms with Crippen molar-refractivity contribution in [2.24, 2.45) is 4.99 Å². The van der Waals surface area contributed by atoms with Gasteiger partial charge in [-0.3, -0.25) is 4.99 Å². The van der Waals surface area contributed by atoms with Gasteiger partial charge in [0.05, 0.1) is 6.54 Å². The number of thioether (sulfide) groups is 1. The molecule has 2 rings (SSSR count). The van der Waals surface area contributed by atoms with Crippen molar-refractivity contribution in [3.63, 3.8) is 0 Å². The summed E-state index contributed by atoms with van der Waals surface area (Å²) in [6.45, 7) is 4.92. The lowest BCUT2D eigenvalue weighted by molar-refractivity contribution is 0.762. The Morgan fingerprint density at radius 3 is 3.00 bits per heavy atom. The number of aliphatic imine (C=N–C) groups is 1. The number of hydrogen-bond donors (Lipinski definition) is 2. The molecule has 1 saturated heterocycles. The Balaban J connectivity index is 0.00000200. The Morgan fingerprint density at radius 2 is 2.35 bits per heavy atom. The first-order valence-electron chi connectivity index (χ1n) is 7.04. The Labute approximate surface area is 147 Å². The molecule has 1 fully saturated rings. The van der Waals surface area contributed by atoms with Crippen LogP contribution in [0.1, 0.15) is 24.6 Å². The van der Waals surface area contributed by atoms with Crippen molar-refractivity contribution in [1.82, 2.24) is 10.6 Å². The quantitative estimate of drug-likeness (QED) is 0.417. The van der Waals surface area contributed by atoms with E-state index in [2.05, 4.69) is 46.8 Å². The van der Waals surface area contributed by atoms with E-state index in [0.29, 0.717) is 0 Å². The maximum atomic E-state index is 4.69. The van der Waals surface area contributed by atoms with Crippen molar-refractivity contribution in [3.8, 4) is 0 Å². The van der Waals surface area contributed by atoms with Crippen molar-refractivity contribution in [1.29, 1.82) is 0 Å². The lowest BCUT2D eigenvalue weighted by atomic mass is 10.2. The van der Waals surface area contributed by atoms with Crippen LogP contribution in [0.2, 0.25) is 0 Å². The van der Waals surface area contributed by atoms with Crippen LogP contribution >= 0.6 is 47.1 Å². The van der Waals surface area contributed by atoms with Crippen LogP contribution in [0.15, 0.2) is 22.5 Å². The van der Waals surface area contributed by atoms with Gasteiger partial charge in [0.2, 0.25) is 0 Å². The Hall–Kier alpha value is 0.0500. The predicted octanol–water partition coefficient (Wildman–Crippen LogP) is 3.36. The summed E-state index contributed by atoms with van der Waals surface area (Å²) in [5.41, 5.74) is 0. The summed E-state index contributed by atoms with van der Waals surface area (Å²) in [7, 11) is 0. The summed E-state index contributed by atoms with van der Waals surface area (Å²) in [6.07, 6.45) is 3.75. The van der Waals surface area contributed by atoms with E-state index in [0.717, 1.165) is 37.3 Å². The Kier molecular flexibility index (Phi) is 9.71. The first-order valence-corrected chi connectivity index (χ1v) is 8.97. The predicted molar refractivity (Wildman–Crippen MR) is 103 cm³/mol. The molecule has 0 bridgehead atoms. The van der Waals surface area contributed by atoms with Crippen LogP contribution in [0.4, 0.5) is 0 Å². The minimum Gasteiger partial charge on any atom is -0.357 e. The standard InChI is InChI=1S/C14H23N3S2.HI/c1-2-15-14(17-11-13-6-4-10-19-13)16-8-7-12-5-3-9-18-12;/h3,5,9,13H,2,4,6-8,10-11H2,1H3,(H2,15,16,17);1H. The largest absolute Gasteiger partial charge is 0.357 e. The monoisotopic (exact) mass is 425 g/mol. The number of hydrogen-bond acceptors (Lipinski definition) is 3. The fraction of sp³-hybridized carbons (Fsp3) is 0.643. The zero-order valence-corrected chi connectivity index (χ0v) is 15.9. The van der Waals surface area contributed by atoms with E-state index < -0.39 is 0 Å². The van der Waals surface area contributed by atoms with Crippen LogP contribution in [-0.4, -0.2) is 36.6 Å². The number of halogens is 1. The molecule has 2 N–H and O–H groups in total. The van der Waals surface area contributed by atoms with Crippen molar-refractivity contribution < 1.29 is 0 Å². The van der Waals surface area contributed by atoms with Gasteiger partial charge in [0.25, 0.3) is 0 Å². The van der Waals surface area contributed by atoms with Crippen molar-refractivity contribution in [3.05, 3.63) is 22.4 Å². The molecule has 1 aromatic rings. The molecule has 0 aliphatic carbocycles. The highest BCUT2D eigenvalue weighted by Gasteiger charge is 2.14. The lowest BCUT2D eigenvalue weighted by Crippen LogP contribution is -2.38. The fourth-order valence-corrected chi connectivity index (χ4v) is 3.97. The topological polar surface area (TPSA) is 36.4 Å². The minimum atomic E-state index is 0. The average Bonchev–Trinajstić information content (AvgIpc) is 3.09. The molecule has 1 aliphatic heterocycles. The lowest BCUT2D eigenvalue weighted by Gasteiger charge is -2.12. The normalized spacial score (nSPS) is 18.6. The third-order valence-corrected chi connectivity index (χ3v) is 5.38. The van der Waals surface area contributed by atoms with E-state index in [-0.39, 0.29) is 24.0 Å². The summed E-state index contributed by atoms with van der Waals surface area (Å²) in [5, 5.41) is 9.60. The van der Waals surface area contributed by atoms with Crippen LogP contribution in [0.25, 0.3) is 0 Å². The van der Waals surface area contributed by atoms with Gasteiger partial charge < -0.3 is 10.6 Å². The highest BCUT2D eigenvalue weighted by molar-refractivity contribution is 14.0. The molecule has 0 saturated carbocycles. The molecule has 2 heterocycles. The van der Waals surface area contributed by atoms with Crippen molar-refractivity contribution in [2.75, 3.05) is 25.4 Å². The molecule has 6 heteroatoms. The van der Waals surface area contributed by atoms with E-state index in [1.54, 1.807) is 0 Å². The van der Waals surface area contributed by atoms with Gasteiger partial charge in [-0.25, -0.2) is 0 Å². The number of guanidine groups is 1. The second-order valence-electron chi connectivity index (χ2n) is 4.61. The Morgan fingerprint density at radius 1 is 1.45 bits per heavy atom. The van der Waals surface area contributed by atoms with Crippen molar-refractivity contribution >= 4 is 53.0 Å². The number of rotatable bonds is 6. The van der Waals surface area contributed by atoms with Crippen molar-refractivity contribution in [2.45, 2.75) is 31.4 Å². The van der Waals surface area contributed by atoms with Gasteiger partial charge in [0.1, 0.15) is 0 Å². The third kappa shape index (κ3) is 6.67. The van der Waals surface area contributed by atoms with Crippen LogP contribution in [-0.2, 0) is 6.42 Å². The van der Waals surface area contributed by atoms with Gasteiger partial charge in [-0.05, 0) is 43.4 Å².